The van der Waals surface area contributed by atoms with Gasteiger partial charge in [0, 0.05) is 17.7 Å². The first-order valence-corrected chi connectivity index (χ1v) is 7.15. The number of nitrogens with zero attached hydrogens (tertiary/aromatic N) is 1. The standard InChI is InChI=1S/C9H9NOS.C8H11NO.2CH4/c1-11-9-5-3-2-4-8(9)6-10-7-12;1-10-8-5-3-2-4-7(8)6-9;;/h2-5H,6H2,1H3;2-5H,6,9H2,1H3;2*1H4. The average Bonchev–Trinajstić information content (AvgIpc) is 2.60. The van der Waals surface area contributed by atoms with Gasteiger partial charge in [0.15, 0.2) is 0 Å². The van der Waals surface area contributed by atoms with Crippen LogP contribution in [-0.4, -0.2) is 19.4 Å². The molecular weight excluding hydrogens is 320 g/mol. The van der Waals surface area contributed by atoms with Gasteiger partial charge in [-0.1, -0.05) is 51.3 Å². The highest BCUT2D eigenvalue weighted by atomic mass is 32.1. The first kappa shape index (κ1) is 24.1. The summed E-state index contributed by atoms with van der Waals surface area (Å²) in [6, 6.07) is 15.5. The zero-order valence-corrected chi connectivity index (χ0v) is 13.6. The van der Waals surface area contributed by atoms with Gasteiger partial charge in [-0.05, 0) is 24.4 Å². The summed E-state index contributed by atoms with van der Waals surface area (Å²) in [5, 5.41) is 2.32. The van der Waals surface area contributed by atoms with Crippen LogP contribution in [0.5, 0.6) is 11.5 Å². The summed E-state index contributed by atoms with van der Waals surface area (Å²) < 4.78 is 10.2. The Morgan fingerprint density at radius 3 is 1.79 bits per heavy atom. The van der Waals surface area contributed by atoms with E-state index >= 15 is 0 Å². The fraction of sp³-hybridized carbons (Fsp3) is 0.316. The van der Waals surface area contributed by atoms with E-state index in [0.29, 0.717) is 13.1 Å². The lowest BCUT2D eigenvalue weighted by Gasteiger charge is -2.03. The number of ether oxygens (including phenoxy) is 2. The minimum absolute atomic E-state index is 0. The van der Waals surface area contributed by atoms with Crippen LogP contribution in [0.1, 0.15) is 26.0 Å². The molecule has 0 aliphatic carbocycles. The molecule has 0 radical (unpaired) electrons. The second-order valence-corrected chi connectivity index (χ2v) is 4.42. The maximum absolute atomic E-state index is 5.45. The van der Waals surface area contributed by atoms with Gasteiger partial charge in [-0.15, -0.1) is 0 Å². The van der Waals surface area contributed by atoms with Gasteiger partial charge in [-0.25, -0.2) is 4.99 Å². The van der Waals surface area contributed by atoms with E-state index in [2.05, 4.69) is 22.4 Å². The maximum Gasteiger partial charge on any atom is 0.123 e. The number of thiocarbonyl (C=S) groups is 1. The lowest BCUT2D eigenvalue weighted by atomic mass is 10.2. The molecule has 0 saturated carbocycles. The third-order valence-electron chi connectivity index (χ3n) is 2.92. The molecule has 0 fully saturated rings. The molecule has 0 atom stereocenters. The first-order chi connectivity index (χ1) is 10.8. The summed E-state index contributed by atoms with van der Waals surface area (Å²) in [6.45, 7) is 1.07. The molecule has 0 heterocycles. The van der Waals surface area contributed by atoms with Crippen molar-refractivity contribution in [2.45, 2.75) is 27.9 Å². The van der Waals surface area contributed by atoms with Gasteiger partial charge in [-0.3, -0.25) is 0 Å². The SMILES string of the molecule is C.C.COc1ccccc1CN.COc1ccccc1CN=C=S. The molecule has 0 aliphatic rings. The van der Waals surface area contributed by atoms with Crippen molar-refractivity contribution in [1.29, 1.82) is 0 Å². The first-order valence-electron chi connectivity index (χ1n) is 6.74. The zero-order chi connectivity index (χ0) is 16.2. The van der Waals surface area contributed by atoms with Gasteiger partial charge in [0.1, 0.15) is 11.5 Å². The van der Waals surface area contributed by atoms with Crippen molar-refractivity contribution in [2.24, 2.45) is 10.7 Å². The molecule has 2 N–H and O–H groups in total. The van der Waals surface area contributed by atoms with Crippen LogP contribution in [0.3, 0.4) is 0 Å². The quantitative estimate of drug-likeness (QED) is 0.627. The van der Waals surface area contributed by atoms with Crippen molar-refractivity contribution in [3.8, 4) is 11.5 Å². The van der Waals surface area contributed by atoms with Gasteiger partial charge in [0.05, 0.1) is 25.9 Å². The Bertz CT molecular complexity index is 603. The van der Waals surface area contributed by atoms with Crippen molar-refractivity contribution >= 4 is 17.4 Å². The molecule has 5 heteroatoms. The largest absolute Gasteiger partial charge is 0.496 e. The van der Waals surface area contributed by atoms with Crippen LogP contribution in [0.15, 0.2) is 53.5 Å². The summed E-state index contributed by atoms with van der Waals surface area (Å²) in [6.07, 6.45) is 0. The molecule has 0 bridgehead atoms. The van der Waals surface area contributed by atoms with Gasteiger partial charge >= 0.3 is 0 Å². The van der Waals surface area contributed by atoms with Crippen LogP contribution < -0.4 is 15.2 Å². The van der Waals surface area contributed by atoms with Gasteiger partial charge in [-0.2, -0.15) is 0 Å². The lowest BCUT2D eigenvalue weighted by molar-refractivity contribution is 0.410. The topological polar surface area (TPSA) is 56.8 Å². The number of isothiocyanates is 1. The minimum Gasteiger partial charge on any atom is -0.496 e. The van der Waals surface area contributed by atoms with Gasteiger partial charge in [0.2, 0.25) is 0 Å². The third kappa shape index (κ3) is 7.88. The molecular formula is C19H28N2O2S. The molecule has 2 rings (SSSR count). The van der Waals surface area contributed by atoms with Gasteiger partial charge < -0.3 is 15.2 Å². The Balaban J connectivity index is 0. The van der Waals surface area contributed by atoms with Crippen LogP contribution in [0.2, 0.25) is 0 Å². The van der Waals surface area contributed by atoms with Crippen molar-refractivity contribution in [3.05, 3.63) is 59.7 Å². The average molecular weight is 349 g/mol. The number of rotatable bonds is 5. The molecule has 0 amide bonds. The molecule has 132 valence electrons. The summed E-state index contributed by atoms with van der Waals surface area (Å²) in [4.78, 5) is 3.84. The van der Waals surface area contributed by atoms with E-state index in [1.165, 1.54) is 0 Å². The lowest BCUT2D eigenvalue weighted by Crippen LogP contribution is -1.98. The molecule has 0 aliphatic heterocycles. The Morgan fingerprint density at radius 2 is 1.38 bits per heavy atom. The predicted octanol–water partition coefficient (Wildman–Crippen LogP) is 4.72. The molecule has 0 aromatic heterocycles. The summed E-state index contributed by atoms with van der Waals surface area (Å²) in [5.74, 6) is 1.71. The predicted molar refractivity (Wildman–Crippen MR) is 106 cm³/mol. The fourth-order valence-corrected chi connectivity index (χ4v) is 1.89. The maximum atomic E-state index is 5.45. The van der Waals surface area contributed by atoms with E-state index in [-0.39, 0.29) is 14.9 Å². The van der Waals surface area contributed by atoms with E-state index in [1.807, 2.05) is 48.5 Å². The van der Waals surface area contributed by atoms with Crippen LogP contribution in [0, 0.1) is 0 Å². The molecule has 2 aromatic carbocycles. The van der Waals surface area contributed by atoms with E-state index in [4.69, 9.17) is 15.2 Å². The summed E-state index contributed by atoms with van der Waals surface area (Å²) in [7, 11) is 3.29. The van der Waals surface area contributed by atoms with E-state index in [1.54, 1.807) is 14.2 Å². The van der Waals surface area contributed by atoms with E-state index in [9.17, 15) is 0 Å². The van der Waals surface area contributed by atoms with E-state index < -0.39 is 0 Å². The van der Waals surface area contributed by atoms with Crippen LogP contribution >= 0.6 is 12.2 Å². The van der Waals surface area contributed by atoms with Crippen LogP contribution in [0.25, 0.3) is 0 Å². The fourth-order valence-electron chi connectivity index (χ4n) is 1.82. The molecule has 24 heavy (non-hydrogen) atoms. The van der Waals surface area contributed by atoms with Crippen molar-refractivity contribution in [2.75, 3.05) is 14.2 Å². The highest BCUT2D eigenvalue weighted by Gasteiger charge is 1.98. The van der Waals surface area contributed by atoms with Crippen molar-refractivity contribution in [1.82, 2.24) is 0 Å². The number of benzene rings is 2. The van der Waals surface area contributed by atoms with Crippen molar-refractivity contribution < 1.29 is 9.47 Å². The molecule has 2 aromatic rings. The number of nitrogens with two attached hydrogens (primary N) is 1. The van der Waals surface area contributed by atoms with E-state index in [0.717, 1.165) is 22.6 Å². The molecule has 0 spiro atoms. The smallest absolute Gasteiger partial charge is 0.123 e. The Kier molecular flexibility index (Phi) is 14.4. The normalized spacial score (nSPS) is 8.29. The Morgan fingerprint density at radius 1 is 0.917 bits per heavy atom. The van der Waals surface area contributed by atoms with Crippen LogP contribution in [0.4, 0.5) is 0 Å². The second-order valence-electron chi connectivity index (χ2n) is 4.24. The molecule has 0 unspecified atom stereocenters. The highest BCUT2D eigenvalue weighted by molar-refractivity contribution is 7.78. The minimum atomic E-state index is 0. The van der Waals surface area contributed by atoms with Crippen LogP contribution in [-0.2, 0) is 13.1 Å². The molecule has 0 saturated heterocycles. The zero-order valence-electron chi connectivity index (χ0n) is 12.8. The van der Waals surface area contributed by atoms with Gasteiger partial charge in [0.25, 0.3) is 0 Å². The van der Waals surface area contributed by atoms with Crippen molar-refractivity contribution in [3.63, 3.8) is 0 Å². The number of para-hydroxylation sites is 2. The highest BCUT2D eigenvalue weighted by Crippen LogP contribution is 2.17. The third-order valence-corrected chi connectivity index (χ3v) is 3.05. The second kappa shape index (κ2) is 14.4. The Hall–Kier alpha value is -2.20. The number of hydrogen-bond acceptors (Lipinski definition) is 5. The molecule has 4 nitrogen and oxygen atoms in total. The number of methoxy groups -OCH3 is 2. The number of hydrogen-bond donors (Lipinski definition) is 1. The summed E-state index contributed by atoms with van der Waals surface area (Å²) in [5.41, 5.74) is 7.52. The Labute approximate surface area is 151 Å². The summed E-state index contributed by atoms with van der Waals surface area (Å²) >= 11 is 4.47. The number of aliphatic imine (C=N–C) groups is 1. The monoisotopic (exact) mass is 348 g/mol.